The molecule has 1 aliphatic carbocycles. The quantitative estimate of drug-likeness (QED) is 0.254. The van der Waals surface area contributed by atoms with E-state index in [-0.39, 0.29) is 11.2 Å². The van der Waals surface area contributed by atoms with Crippen LogP contribution < -0.4 is 15.4 Å². The lowest BCUT2D eigenvalue weighted by Crippen LogP contribution is -2.40. The summed E-state index contributed by atoms with van der Waals surface area (Å²) < 4.78 is 31.0. The third-order valence-corrected chi connectivity index (χ3v) is 6.31. The van der Waals surface area contributed by atoms with Gasteiger partial charge in [-0.15, -0.1) is 0 Å². The van der Waals surface area contributed by atoms with Crippen molar-refractivity contribution in [2.45, 2.75) is 59.3 Å². The molecule has 3 N–H and O–H groups in total. The SMILES string of the molecule is CCNC(=NCC1(CCOCC)CCCC1)NCCCNS(=O)(=O)CC. The van der Waals surface area contributed by atoms with Crippen LogP contribution in [0, 0.1) is 5.41 Å². The monoisotopic (exact) mass is 390 g/mol. The van der Waals surface area contributed by atoms with Crippen molar-refractivity contribution < 1.29 is 13.2 Å². The van der Waals surface area contributed by atoms with E-state index in [0.29, 0.717) is 13.1 Å². The first kappa shape index (κ1) is 23.2. The van der Waals surface area contributed by atoms with Crippen molar-refractivity contribution in [2.75, 3.05) is 45.1 Å². The molecule has 1 aliphatic rings. The van der Waals surface area contributed by atoms with Crippen LogP contribution in [0.15, 0.2) is 4.99 Å². The summed E-state index contributed by atoms with van der Waals surface area (Å²) in [5.74, 6) is 0.933. The Labute approximate surface area is 159 Å². The van der Waals surface area contributed by atoms with Crippen LogP contribution in [-0.2, 0) is 14.8 Å². The second kappa shape index (κ2) is 12.5. The van der Waals surface area contributed by atoms with Crippen LogP contribution in [0.1, 0.15) is 59.3 Å². The van der Waals surface area contributed by atoms with Crippen molar-refractivity contribution >= 4 is 16.0 Å². The Morgan fingerprint density at radius 2 is 1.85 bits per heavy atom. The van der Waals surface area contributed by atoms with Crippen molar-refractivity contribution in [2.24, 2.45) is 10.4 Å². The normalized spacial score (nSPS) is 17.4. The first-order valence-electron chi connectivity index (χ1n) is 10.0. The summed E-state index contributed by atoms with van der Waals surface area (Å²) in [4.78, 5) is 4.81. The van der Waals surface area contributed by atoms with Gasteiger partial charge in [-0.05, 0) is 51.9 Å². The van der Waals surface area contributed by atoms with Gasteiger partial charge >= 0.3 is 0 Å². The number of nitrogens with zero attached hydrogens (tertiary/aromatic N) is 1. The Morgan fingerprint density at radius 3 is 2.46 bits per heavy atom. The molecule has 1 rings (SSSR count). The van der Waals surface area contributed by atoms with E-state index in [2.05, 4.69) is 15.4 Å². The first-order valence-corrected chi connectivity index (χ1v) is 11.7. The highest BCUT2D eigenvalue weighted by atomic mass is 32.2. The highest BCUT2D eigenvalue weighted by Crippen LogP contribution is 2.41. The molecule has 0 aromatic heterocycles. The lowest BCUT2D eigenvalue weighted by Gasteiger charge is -2.27. The lowest BCUT2D eigenvalue weighted by molar-refractivity contribution is 0.107. The Morgan fingerprint density at radius 1 is 1.12 bits per heavy atom. The molecule has 8 heteroatoms. The summed E-state index contributed by atoms with van der Waals surface area (Å²) in [6, 6.07) is 0. The Balaban J connectivity index is 2.45. The molecule has 0 atom stereocenters. The topological polar surface area (TPSA) is 91.8 Å². The standard InChI is InChI=1S/C18H38N4O3S/c1-4-19-17(20-13-9-14-22-26(23,24)6-3)21-16-18(10-7-8-11-18)12-15-25-5-2/h22H,4-16H2,1-3H3,(H2,19,20,21). The molecule has 0 heterocycles. The third kappa shape index (κ3) is 9.19. The maximum absolute atomic E-state index is 11.4. The first-order chi connectivity index (χ1) is 12.5. The van der Waals surface area contributed by atoms with Gasteiger partial charge in [0.25, 0.3) is 0 Å². The molecule has 1 fully saturated rings. The molecule has 0 amide bonds. The fraction of sp³-hybridized carbons (Fsp3) is 0.944. The fourth-order valence-corrected chi connectivity index (χ4v) is 3.92. The van der Waals surface area contributed by atoms with Crippen LogP contribution in [0.25, 0.3) is 0 Å². The second-order valence-electron chi connectivity index (χ2n) is 6.93. The van der Waals surface area contributed by atoms with Crippen LogP contribution in [0.4, 0.5) is 0 Å². The van der Waals surface area contributed by atoms with Crippen LogP contribution in [0.3, 0.4) is 0 Å². The van der Waals surface area contributed by atoms with E-state index in [4.69, 9.17) is 9.73 Å². The molecular formula is C18H38N4O3S. The molecule has 7 nitrogen and oxygen atoms in total. The molecule has 0 aromatic rings. The highest BCUT2D eigenvalue weighted by Gasteiger charge is 2.33. The second-order valence-corrected chi connectivity index (χ2v) is 9.02. The van der Waals surface area contributed by atoms with Gasteiger partial charge in [-0.25, -0.2) is 13.1 Å². The Bertz CT molecular complexity index is 503. The van der Waals surface area contributed by atoms with Gasteiger partial charge in [-0.3, -0.25) is 4.99 Å². The predicted molar refractivity (Wildman–Crippen MR) is 108 cm³/mol. The van der Waals surface area contributed by atoms with Crippen LogP contribution >= 0.6 is 0 Å². The zero-order valence-electron chi connectivity index (χ0n) is 16.8. The molecule has 26 heavy (non-hydrogen) atoms. The van der Waals surface area contributed by atoms with Crippen molar-refractivity contribution in [3.63, 3.8) is 0 Å². The largest absolute Gasteiger partial charge is 0.382 e. The van der Waals surface area contributed by atoms with E-state index in [1.54, 1.807) is 6.92 Å². The average molecular weight is 391 g/mol. The molecular weight excluding hydrogens is 352 g/mol. The van der Waals surface area contributed by atoms with Crippen LogP contribution in [-0.4, -0.2) is 59.5 Å². The minimum absolute atomic E-state index is 0.119. The van der Waals surface area contributed by atoms with Crippen molar-refractivity contribution in [3.8, 4) is 0 Å². The Hall–Kier alpha value is -0.860. The smallest absolute Gasteiger partial charge is 0.211 e. The van der Waals surface area contributed by atoms with E-state index in [9.17, 15) is 8.42 Å². The summed E-state index contributed by atoms with van der Waals surface area (Å²) in [7, 11) is -3.11. The zero-order chi connectivity index (χ0) is 19.3. The van der Waals surface area contributed by atoms with Crippen molar-refractivity contribution in [1.29, 1.82) is 0 Å². The van der Waals surface area contributed by atoms with Gasteiger partial charge in [0.05, 0.1) is 5.75 Å². The minimum Gasteiger partial charge on any atom is -0.382 e. The molecule has 0 bridgehead atoms. The summed E-state index contributed by atoms with van der Waals surface area (Å²) in [5.41, 5.74) is 0.272. The molecule has 154 valence electrons. The van der Waals surface area contributed by atoms with E-state index in [1.807, 2.05) is 13.8 Å². The van der Waals surface area contributed by atoms with E-state index in [0.717, 1.165) is 45.1 Å². The van der Waals surface area contributed by atoms with Crippen LogP contribution in [0.2, 0.25) is 0 Å². The molecule has 0 unspecified atom stereocenters. The van der Waals surface area contributed by atoms with Gasteiger partial charge in [0.1, 0.15) is 0 Å². The van der Waals surface area contributed by atoms with E-state index < -0.39 is 10.0 Å². The average Bonchev–Trinajstić information content (AvgIpc) is 3.08. The van der Waals surface area contributed by atoms with Crippen LogP contribution in [0.5, 0.6) is 0 Å². The third-order valence-electron chi connectivity index (χ3n) is 4.91. The predicted octanol–water partition coefficient (Wildman–Crippen LogP) is 1.86. The molecule has 0 spiro atoms. The van der Waals surface area contributed by atoms with Crippen molar-refractivity contribution in [1.82, 2.24) is 15.4 Å². The number of aliphatic imine (C=N–C) groups is 1. The lowest BCUT2D eigenvalue weighted by atomic mass is 9.83. The molecule has 0 radical (unpaired) electrons. The number of sulfonamides is 1. The number of ether oxygens (including phenoxy) is 1. The maximum Gasteiger partial charge on any atom is 0.211 e. The minimum atomic E-state index is -3.11. The number of nitrogens with one attached hydrogen (secondary N) is 3. The number of guanidine groups is 1. The van der Waals surface area contributed by atoms with Gasteiger partial charge < -0.3 is 15.4 Å². The Kier molecular flexibility index (Phi) is 11.2. The number of hydrogen-bond donors (Lipinski definition) is 3. The fourth-order valence-electron chi connectivity index (χ4n) is 3.26. The van der Waals surface area contributed by atoms with Gasteiger partial charge in [0.15, 0.2) is 5.96 Å². The zero-order valence-corrected chi connectivity index (χ0v) is 17.6. The van der Waals surface area contributed by atoms with Gasteiger partial charge in [0, 0.05) is 39.4 Å². The summed E-state index contributed by atoms with van der Waals surface area (Å²) in [5, 5.41) is 6.58. The summed E-state index contributed by atoms with van der Waals surface area (Å²) >= 11 is 0. The van der Waals surface area contributed by atoms with Gasteiger partial charge in [-0.1, -0.05) is 12.8 Å². The number of rotatable bonds is 13. The molecule has 0 saturated heterocycles. The summed E-state index contributed by atoms with van der Waals surface area (Å²) in [6.45, 7) is 10.1. The maximum atomic E-state index is 11.4. The molecule has 1 saturated carbocycles. The summed E-state index contributed by atoms with van der Waals surface area (Å²) in [6.07, 6.45) is 6.80. The van der Waals surface area contributed by atoms with Gasteiger partial charge in [-0.2, -0.15) is 0 Å². The van der Waals surface area contributed by atoms with E-state index >= 15 is 0 Å². The van der Waals surface area contributed by atoms with Crippen molar-refractivity contribution in [3.05, 3.63) is 0 Å². The molecule has 0 aliphatic heterocycles. The number of hydrogen-bond acceptors (Lipinski definition) is 4. The highest BCUT2D eigenvalue weighted by molar-refractivity contribution is 7.89. The van der Waals surface area contributed by atoms with E-state index in [1.165, 1.54) is 25.7 Å². The van der Waals surface area contributed by atoms with Gasteiger partial charge in [0.2, 0.25) is 10.0 Å². The molecule has 0 aromatic carbocycles.